The lowest BCUT2D eigenvalue weighted by molar-refractivity contribution is -0.156. The van der Waals surface area contributed by atoms with Crippen LogP contribution in [0.3, 0.4) is 0 Å². The van der Waals surface area contributed by atoms with Crippen molar-refractivity contribution in [3.8, 4) is 0 Å². The van der Waals surface area contributed by atoms with E-state index in [1.807, 2.05) is 11.0 Å². The summed E-state index contributed by atoms with van der Waals surface area (Å²) in [6.07, 6.45) is 6.92. The number of benzene rings is 1. The molecule has 0 radical (unpaired) electrons. The Balaban J connectivity index is 1.39. The van der Waals surface area contributed by atoms with E-state index >= 15 is 0 Å². The van der Waals surface area contributed by atoms with E-state index in [2.05, 4.69) is 4.40 Å². The number of esters is 1. The number of carbonyl (C=O) groups excluding carboxylic acids is 1. The van der Waals surface area contributed by atoms with E-state index in [0.717, 1.165) is 25.7 Å². The largest absolute Gasteiger partial charge is 0.462 e. The Morgan fingerprint density at radius 2 is 1.73 bits per heavy atom. The van der Waals surface area contributed by atoms with Gasteiger partial charge in [-0.3, -0.25) is 4.79 Å². The lowest BCUT2D eigenvalue weighted by Gasteiger charge is -2.33. The fourth-order valence-electron chi connectivity index (χ4n) is 4.09. The van der Waals surface area contributed by atoms with Crippen LogP contribution in [0.2, 0.25) is 0 Å². The summed E-state index contributed by atoms with van der Waals surface area (Å²) in [6, 6.07) is 6.92. The van der Waals surface area contributed by atoms with Gasteiger partial charge < -0.3 is 9.64 Å². The van der Waals surface area contributed by atoms with Crippen molar-refractivity contribution in [3.05, 3.63) is 29.8 Å². The summed E-state index contributed by atoms with van der Waals surface area (Å²) in [5.74, 6) is 0.333. The van der Waals surface area contributed by atoms with Crippen LogP contribution in [0.5, 0.6) is 0 Å². The summed E-state index contributed by atoms with van der Waals surface area (Å²) >= 11 is 0. The van der Waals surface area contributed by atoms with Gasteiger partial charge in [-0.2, -0.15) is 8.42 Å². The number of carbonyl (C=O) groups is 1. The summed E-state index contributed by atoms with van der Waals surface area (Å²) in [6.45, 7) is 1.24. The third-order valence-electron chi connectivity index (χ3n) is 5.58. The predicted octanol–water partition coefficient (Wildman–Crippen LogP) is 2.72. The van der Waals surface area contributed by atoms with E-state index in [0.29, 0.717) is 37.3 Å². The molecule has 0 aromatic heterocycles. The third-order valence-corrected chi connectivity index (χ3v) is 6.90. The molecule has 1 aromatic rings. The van der Waals surface area contributed by atoms with Gasteiger partial charge in [0.1, 0.15) is 11.0 Å². The first kappa shape index (κ1) is 17.5. The van der Waals surface area contributed by atoms with Crippen LogP contribution >= 0.6 is 0 Å². The number of hydrogen-bond donors (Lipinski definition) is 0. The third kappa shape index (κ3) is 3.37. The average Bonchev–Trinajstić information content (AvgIpc) is 2.94. The number of sulfonamides is 1. The van der Waals surface area contributed by atoms with Gasteiger partial charge in [0.05, 0.1) is 5.92 Å². The van der Waals surface area contributed by atoms with Gasteiger partial charge in [0.15, 0.2) is 5.84 Å². The number of ether oxygens (including phenoxy) is 1. The number of likely N-dealkylation sites (tertiary alicyclic amines) is 1. The summed E-state index contributed by atoms with van der Waals surface area (Å²) < 4.78 is 34.1. The van der Waals surface area contributed by atoms with Crippen molar-refractivity contribution in [2.24, 2.45) is 10.3 Å². The normalized spacial score (nSPS) is 23.4. The SMILES string of the molecule is O=C(OC1CCCCC1)C1CCN(C2=NS(=O)(=O)c3ccccc32)CC1. The molecule has 0 amide bonds. The second kappa shape index (κ2) is 7.02. The maximum absolute atomic E-state index is 12.4. The number of piperidine rings is 1. The molecule has 0 bridgehead atoms. The fraction of sp³-hybridized carbons (Fsp3) is 0.579. The predicted molar refractivity (Wildman–Crippen MR) is 97.4 cm³/mol. The van der Waals surface area contributed by atoms with Gasteiger partial charge in [0, 0.05) is 18.7 Å². The fourth-order valence-corrected chi connectivity index (χ4v) is 5.31. The van der Waals surface area contributed by atoms with Crippen LogP contribution in [-0.2, 0) is 19.6 Å². The molecule has 4 rings (SSSR count). The Morgan fingerprint density at radius 1 is 1.04 bits per heavy atom. The minimum atomic E-state index is -3.60. The monoisotopic (exact) mass is 376 g/mol. The minimum absolute atomic E-state index is 0.0852. The van der Waals surface area contributed by atoms with Crippen molar-refractivity contribution >= 4 is 21.8 Å². The zero-order valence-corrected chi connectivity index (χ0v) is 15.6. The molecule has 0 spiro atoms. The molecule has 140 valence electrons. The molecule has 0 N–H and O–H groups in total. The second-order valence-corrected chi connectivity index (χ2v) is 8.92. The molecule has 3 aliphatic rings. The molecule has 1 saturated carbocycles. The van der Waals surface area contributed by atoms with Crippen LogP contribution in [-0.4, -0.2) is 44.3 Å². The maximum atomic E-state index is 12.4. The number of fused-ring (bicyclic) bond motifs is 1. The molecule has 7 heteroatoms. The number of nitrogens with zero attached hydrogens (tertiary/aromatic N) is 2. The lowest BCUT2D eigenvalue weighted by Crippen LogP contribution is -2.41. The minimum Gasteiger partial charge on any atom is -0.462 e. The average molecular weight is 376 g/mol. The van der Waals surface area contributed by atoms with Crippen LogP contribution < -0.4 is 0 Å². The molecule has 1 aromatic carbocycles. The van der Waals surface area contributed by atoms with Gasteiger partial charge >= 0.3 is 5.97 Å². The van der Waals surface area contributed by atoms with Gasteiger partial charge in [0.2, 0.25) is 0 Å². The maximum Gasteiger partial charge on any atom is 0.309 e. The zero-order chi connectivity index (χ0) is 18.1. The number of rotatable bonds is 2. The van der Waals surface area contributed by atoms with Crippen LogP contribution in [0.15, 0.2) is 33.6 Å². The molecule has 0 atom stereocenters. The van der Waals surface area contributed by atoms with E-state index in [1.165, 1.54) is 6.42 Å². The van der Waals surface area contributed by atoms with Crippen molar-refractivity contribution in [2.75, 3.05) is 13.1 Å². The highest BCUT2D eigenvalue weighted by atomic mass is 32.2. The summed E-state index contributed by atoms with van der Waals surface area (Å²) in [7, 11) is -3.60. The molecule has 0 unspecified atom stereocenters. The summed E-state index contributed by atoms with van der Waals surface area (Å²) in [5, 5.41) is 0. The van der Waals surface area contributed by atoms with Gasteiger partial charge in [-0.15, -0.1) is 4.40 Å². The first-order chi connectivity index (χ1) is 12.5. The first-order valence-electron chi connectivity index (χ1n) is 9.44. The van der Waals surface area contributed by atoms with Crippen LogP contribution in [0, 0.1) is 5.92 Å². The Hall–Kier alpha value is -1.89. The quantitative estimate of drug-likeness (QED) is 0.742. The standard InChI is InChI=1S/C19H24N2O4S/c22-19(25-15-6-2-1-3-7-15)14-10-12-21(13-11-14)18-16-8-4-5-9-17(16)26(23,24)20-18/h4-5,8-9,14-15H,1-3,6-7,10-13H2. The van der Waals surface area contributed by atoms with Gasteiger partial charge in [-0.25, -0.2) is 0 Å². The van der Waals surface area contributed by atoms with Gasteiger partial charge in [-0.05, 0) is 50.7 Å². The van der Waals surface area contributed by atoms with E-state index in [4.69, 9.17) is 4.74 Å². The van der Waals surface area contributed by atoms with Crippen molar-refractivity contribution in [2.45, 2.75) is 55.9 Å². The molecule has 6 nitrogen and oxygen atoms in total. The molecular formula is C19H24N2O4S. The van der Waals surface area contributed by atoms with Crippen molar-refractivity contribution in [1.29, 1.82) is 0 Å². The van der Waals surface area contributed by atoms with E-state index in [-0.39, 0.29) is 22.9 Å². The van der Waals surface area contributed by atoms with Crippen molar-refractivity contribution in [3.63, 3.8) is 0 Å². The number of hydrogen-bond acceptors (Lipinski definition) is 5. The van der Waals surface area contributed by atoms with E-state index in [9.17, 15) is 13.2 Å². The molecule has 1 aliphatic carbocycles. The smallest absolute Gasteiger partial charge is 0.309 e. The summed E-state index contributed by atoms with van der Waals surface area (Å²) in [4.78, 5) is 14.7. The Labute approximate surface area is 154 Å². The molecule has 2 aliphatic heterocycles. The van der Waals surface area contributed by atoms with Gasteiger partial charge in [-0.1, -0.05) is 18.6 Å². The molecular weight excluding hydrogens is 352 g/mol. The second-order valence-electron chi connectivity index (χ2n) is 7.34. The molecule has 2 fully saturated rings. The highest BCUT2D eigenvalue weighted by molar-refractivity contribution is 7.90. The Bertz CT molecular complexity index is 820. The van der Waals surface area contributed by atoms with Gasteiger partial charge in [0.25, 0.3) is 10.0 Å². The number of amidine groups is 1. The van der Waals surface area contributed by atoms with E-state index in [1.54, 1.807) is 18.2 Å². The Kier molecular flexibility index (Phi) is 4.73. The molecule has 2 heterocycles. The zero-order valence-electron chi connectivity index (χ0n) is 14.8. The summed E-state index contributed by atoms with van der Waals surface area (Å²) in [5.41, 5.74) is 0.663. The van der Waals surface area contributed by atoms with Crippen LogP contribution in [0.4, 0.5) is 0 Å². The first-order valence-corrected chi connectivity index (χ1v) is 10.9. The molecule has 1 saturated heterocycles. The van der Waals surface area contributed by atoms with E-state index < -0.39 is 10.0 Å². The Morgan fingerprint density at radius 3 is 2.46 bits per heavy atom. The molecule has 26 heavy (non-hydrogen) atoms. The highest BCUT2D eigenvalue weighted by Crippen LogP contribution is 2.30. The van der Waals surface area contributed by atoms with Crippen molar-refractivity contribution < 1.29 is 17.9 Å². The highest BCUT2D eigenvalue weighted by Gasteiger charge is 2.35. The lowest BCUT2D eigenvalue weighted by atomic mass is 9.95. The van der Waals surface area contributed by atoms with Crippen molar-refractivity contribution in [1.82, 2.24) is 4.90 Å². The topological polar surface area (TPSA) is 76.0 Å². The van der Waals surface area contributed by atoms with Crippen LogP contribution in [0.1, 0.15) is 50.5 Å². The van der Waals surface area contributed by atoms with Crippen LogP contribution in [0.25, 0.3) is 0 Å².